The van der Waals surface area contributed by atoms with Gasteiger partial charge in [-0.2, -0.15) is 0 Å². The molecular weight excluding hydrogens is 214 g/mol. The van der Waals surface area contributed by atoms with Gasteiger partial charge in [0.15, 0.2) is 0 Å². The van der Waals surface area contributed by atoms with Gasteiger partial charge in [-0.05, 0) is 44.7 Å². The SMILES string of the molecule is CCOc1c(C)cc(C)cc1CCC(O)CN. The van der Waals surface area contributed by atoms with Crippen molar-refractivity contribution in [2.24, 2.45) is 5.73 Å². The Morgan fingerprint density at radius 2 is 2.06 bits per heavy atom. The molecule has 0 radical (unpaired) electrons. The molecule has 0 fully saturated rings. The van der Waals surface area contributed by atoms with Crippen molar-refractivity contribution in [1.82, 2.24) is 0 Å². The van der Waals surface area contributed by atoms with E-state index in [1.807, 2.05) is 6.92 Å². The molecule has 1 rings (SSSR count). The molecule has 96 valence electrons. The highest BCUT2D eigenvalue weighted by Crippen LogP contribution is 2.26. The Morgan fingerprint density at radius 1 is 1.35 bits per heavy atom. The van der Waals surface area contributed by atoms with Crippen LogP contribution in [0.3, 0.4) is 0 Å². The van der Waals surface area contributed by atoms with Crippen LogP contribution in [0.25, 0.3) is 0 Å². The highest BCUT2D eigenvalue weighted by molar-refractivity contribution is 5.44. The molecule has 0 bridgehead atoms. The summed E-state index contributed by atoms with van der Waals surface area (Å²) >= 11 is 0. The minimum atomic E-state index is -0.426. The monoisotopic (exact) mass is 237 g/mol. The van der Waals surface area contributed by atoms with E-state index in [1.165, 1.54) is 5.56 Å². The van der Waals surface area contributed by atoms with Gasteiger partial charge in [0.25, 0.3) is 0 Å². The number of rotatable bonds is 6. The second-order valence-electron chi connectivity index (χ2n) is 4.43. The Bertz CT molecular complexity index is 363. The molecule has 0 aliphatic rings. The van der Waals surface area contributed by atoms with Gasteiger partial charge in [-0.3, -0.25) is 0 Å². The van der Waals surface area contributed by atoms with Crippen molar-refractivity contribution >= 4 is 0 Å². The van der Waals surface area contributed by atoms with E-state index in [0.717, 1.165) is 23.3 Å². The smallest absolute Gasteiger partial charge is 0.125 e. The maximum Gasteiger partial charge on any atom is 0.125 e. The Hall–Kier alpha value is -1.06. The zero-order valence-corrected chi connectivity index (χ0v) is 11.0. The summed E-state index contributed by atoms with van der Waals surface area (Å²) in [5, 5.41) is 9.51. The third-order valence-electron chi connectivity index (χ3n) is 2.80. The molecule has 0 saturated carbocycles. The quantitative estimate of drug-likeness (QED) is 0.795. The van der Waals surface area contributed by atoms with Gasteiger partial charge < -0.3 is 15.6 Å². The minimum absolute atomic E-state index is 0.314. The lowest BCUT2D eigenvalue weighted by Crippen LogP contribution is -2.20. The molecule has 0 heterocycles. The first-order valence-electron chi connectivity index (χ1n) is 6.19. The number of nitrogens with two attached hydrogens (primary N) is 1. The van der Waals surface area contributed by atoms with Crippen molar-refractivity contribution < 1.29 is 9.84 Å². The van der Waals surface area contributed by atoms with Gasteiger partial charge >= 0.3 is 0 Å². The number of benzene rings is 1. The zero-order chi connectivity index (χ0) is 12.8. The molecule has 3 N–H and O–H groups in total. The normalized spacial score (nSPS) is 12.5. The van der Waals surface area contributed by atoms with E-state index in [9.17, 15) is 5.11 Å². The summed E-state index contributed by atoms with van der Waals surface area (Å²) in [5.41, 5.74) is 8.96. The van der Waals surface area contributed by atoms with Crippen LogP contribution in [-0.4, -0.2) is 24.4 Å². The van der Waals surface area contributed by atoms with E-state index in [2.05, 4.69) is 26.0 Å². The maximum absolute atomic E-state index is 9.51. The average molecular weight is 237 g/mol. The van der Waals surface area contributed by atoms with Gasteiger partial charge in [-0.25, -0.2) is 0 Å². The number of hydrogen-bond donors (Lipinski definition) is 2. The van der Waals surface area contributed by atoms with Crippen LogP contribution in [0.2, 0.25) is 0 Å². The summed E-state index contributed by atoms with van der Waals surface area (Å²) in [7, 11) is 0. The van der Waals surface area contributed by atoms with E-state index in [1.54, 1.807) is 0 Å². The van der Waals surface area contributed by atoms with Crippen LogP contribution >= 0.6 is 0 Å². The van der Waals surface area contributed by atoms with E-state index in [4.69, 9.17) is 10.5 Å². The summed E-state index contributed by atoms with van der Waals surface area (Å²) < 4.78 is 5.68. The van der Waals surface area contributed by atoms with Crippen molar-refractivity contribution in [1.29, 1.82) is 0 Å². The van der Waals surface area contributed by atoms with Crippen LogP contribution in [-0.2, 0) is 6.42 Å². The molecule has 3 nitrogen and oxygen atoms in total. The molecule has 0 spiro atoms. The number of hydrogen-bond acceptors (Lipinski definition) is 3. The van der Waals surface area contributed by atoms with Crippen molar-refractivity contribution in [2.75, 3.05) is 13.2 Å². The molecule has 1 atom stereocenters. The topological polar surface area (TPSA) is 55.5 Å². The summed E-state index contributed by atoms with van der Waals surface area (Å²) in [6.45, 7) is 7.09. The molecule has 0 aromatic heterocycles. The fraction of sp³-hybridized carbons (Fsp3) is 0.571. The van der Waals surface area contributed by atoms with Crippen molar-refractivity contribution in [3.05, 3.63) is 28.8 Å². The predicted octanol–water partition coefficient (Wildman–Crippen LogP) is 1.95. The lowest BCUT2D eigenvalue weighted by molar-refractivity contribution is 0.172. The van der Waals surface area contributed by atoms with Gasteiger partial charge in [-0.15, -0.1) is 0 Å². The Labute approximate surface area is 104 Å². The molecule has 0 aliphatic heterocycles. The highest BCUT2D eigenvalue weighted by atomic mass is 16.5. The van der Waals surface area contributed by atoms with Gasteiger partial charge in [0.2, 0.25) is 0 Å². The molecule has 1 unspecified atom stereocenters. The molecule has 0 saturated heterocycles. The molecule has 17 heavy (non-hydrogen) atoms. The summed E-state index contributed by atoms with van der Waals surface area (Å²) in [6.07, 6.45) is 1.06. The number of aliphatic hydroxyl groups excluding tert-OH is 1. The fourth-order valence-electron chi connectivity index (χ4n) is 2.02. The van der Waals surface area contributed by atoms with Gasteiger partial charge in [-0.1, -0.05) is 17.7 Å². The molecule has 1 aromatic rings. The third kappa shape index (κ3) is 4.02. The fourth-order valence-corrected chi connectivity index (χ4v) is 2.02. The van der Waals surface area contributed by atoms with E-state index in [-0.39, 0.29) is 0 Å². The molecule has 1 aromatic carbocycles. The molecule has 0 aliphatic carbocycles. The maximum atomic E-state index is 9.51. The van der Waals surface area contributed by atoms with Gasteiger partial charge in [0, 0.05) is 6.54 Å². The van der Waals surface area contributed by atoms with Crippen LogP contribution in [0, 0.1) is 13.8 Å². The molecular formula is C14H23NO2. The first-order chi connectivity index (χ1) is 8.08. The summed E-state index contributed by atoms with van der Waals surface area (Å²) in [4.78, 5) is 0. The van der Waals surface area contributed by atoms with Crippen LogP contribution in [0.4, 0.5) is 0 Å². The zero-order valence-electron chi connectivity index (χ0n) is 11.0. The van der Waals surface area contributed by atoms with Crippen molar-refractivity contribution in [2.45, 2.75) is 39.7 Å². The highest BCUT2D eigenvalue weighted by Gasteiger charge is 2.10. The lowest BCUT2D eigenvalue weighted by Gasteiger charge is -2.15. The second-order valence-corrected chi connectivity index (χ2v) is 4.43. The molecule has 0 amide bonds. The average Bonchev–Trinajstić information content (AvgIpc) is 2.29. The number of aryl methyl sites for hydroxylation is 3. The summed E-state index contributed by atoms with van der Waals surface area (Å²) in [6, 6.07) is 4.25. The van der Waals surface area contributed by atoms with Crippen LogP contribution in [0.15, 0.2) is 12.1 Å². The van der Waals surface area contributed by atoms with E-state index in [0.29, 0.717) is 19.6 Å². The standard InChI is InChI=1S/C14H23NO2/c1-4-17-14-11(3)7-10(2)8-12(14)5-6-13(16)9-15/h7-8,13,16H,4-6,9,15H2,1-3H3. The number of ether oxygens (including phenoxy) is 1. The lowest BCUT2D eigenvalue weighted by atomic mass is 10.00. The van der Waals surface area contributed by atoms with E-state index < -0.39 is 6.10 Å². The third-order valence-corrected chi connectivity index (χ3v) is 2.80. The van der Waals surface area contributed by atoms with Crippen molar-refractivity contribution in [3.63, 3.8) is 0 Å². The van der Waals surface area contributed by atoms with Gasteiger partial charge in [0.1, 0.15) is 5.75 Å². The van der Waals surface area contributed by atoms with Crippen molar-refractivity contribution in [3.8, 4) is 5.75 Å². The first-order valence-corrected chi connectivity index (χ1v) is 6.19. The van der Waals surface area contributed by atoms with E-state index >= 15 is 0 Å². The Kier molecular flexibility index (Phi) is 5.45. The largest absolute Gasteiger partial charge is 0.493 e. The minimum Gasteiger partial charge on any atom is -0.493 e. The van der Waals surface area contributed by atoms with Crippen LogP contribution in [0.1, 0.15) is 30.0 Å². The van der Waals surface area contributed by atoms with Crippen LogP contribution in [0.5, 0.6) is 5.75 Å². The Balaban J connectivity index is 2.87. The Morgan fingerprint density at radius 3 is 2.65 bits per heavy atom. The second kappa shape index (κ2) is 6.62. The van der Waals surface area contributed by atoms with Crippen LogP contribution < -0.4 is 10.5 Å². The first kappa shape index (κ1) is 14.0. The number of aliphatic hydroxyl groups is 1. The predicted molar refractivity (Wildman–Crippen MR) is 70.5 cm³/mol. The molecule has 3 heteroatoms. The van der Waals surface area contributed by atoms with Gasteiger partial charge in [0.05, 0.1) is 12.7 Å². The summed E-state index contributed by atoms with van der Waals surface area (Å²) in [5.74, 6) is 0.960.